The van der Waals surface area contributed by atoms with Crippen molar-refractivity contribution >= 4 is 39.2 Å². The molecule has 12 heteroatoms. The van der Waals surface area contributed by atoms with E-state index in [4.69, 9.17) is 0 Å². The fraction of sp³-hybridized carbons (Fsp3) is 0.861. The van der Waals surface area contributed by atoms with Gasteiger partial charge in [-0.1, -0.05) is 87.0 Å². The van der Waals surface area contributed by atoms with Crippen LogP contribution in [0.1, 0.15) is 120 Å². The van der Waals surface area contributed by atoms with Gasteiger partial charge >= 0.3 is 6.03 Å². The molecule has 0 spiro atoms. The Kier molecular flexibility index (Phi) is 11.5. The lowest BCUT2D eigenvalue weighted by Crippen LogP contribution is -2.64. The first-order valence-electron chi connectivity index (χ1n) is 18.1. The Morgan fingerprint density at radius 2 is 1.56 bits per heavy atom. The Hall–Kier alpha value is -2.50. The summed E-state index contributed by atoms with van der Waals surface area (Å²) in [5.41, 5.74) is -1.83. The van der Waals surface area contributed by atoms with Crippen LogP contribution >= 0.6 is 0 Å². The van der Waals surface area contributed by atoms with Crippen LogP contribution in [0, 0.1) is 34.5 Å². The van der Waals surface area contributed by atoms with E-state index in [0.717, 1.165) is 38.5 Å². The van der Waals surface area contributed by atoms with Crippen molar-refractivity contribution in [3.05, 3.63) is 0 Å². The summed E-state index contributed by atoms with van der Waals surface area (Å²) in [5.74, 6) is -1.64. The Balaban J connectivity index is 1.53. The van der Waals surface area contributed by atoms with Crippen molar-refractivity contribution in [3.8, 4) is 0 Å². The van der Waals surface area contributed by atoms with E-state index in [9.17, 15) is 32.4 Å². The summed E-state index contributed by atoms with van der Waals surface area (Å²) in [5, 5.41) is 8.79. The maximum atomic E-state index is 14.4. The maximum absolute atomic E-state index is 14.4. The molecule has 0 radical (unpaired) electrons. The number of amides is 4. The van der Waals surface area contributed by atoms with Gasteiger partial charge in [0.15, 0.2) is 15.6 Å². The molecule has 5 atom stereocenters. The standard InChI is InChI=1S/C36H60N4O7S/c1-22(2)15-18-48(46,47)21-36(16-10-9-11-17-36)39-33(45)38-30(34(4,5)6)32(44)40-20-25-27(35(25,7)8)28(40)31(43)37-26(29(42)23(3)41)19-24-13-12-14-24/h22,24-28,30H,9-21H2,1-8H3,(H,37,43)(H2,38,39,45)/t25?,26?,27?,28-,30+/m0/s1. The normalized spacial score (nSPS) is 26.1. The first kappa shape index (κ1) is 38.3. The average molecular weight is 693 g/mol. The molecule has 4 amide bonds. The summed E-state index contributed by atoms with van der Waals surface area (Å²) in [6.45, 7) is 15.2. The molecule has 0 aromatic heterocycles. The minimum atomic E-state index is -3.43. The van der Waals surface area contributed by atoms with Gasteiger partial charge in [0, 0.05) is 13.5 Å². The first-order valence-corrected chi connectivity index (χ1v) is 19.9. The number of sulfone groups is 1. The number of nitrogens with one attached hydrogen (secondary N) is 3. The van der Waals surface area contributed by atoms with Gasteiger partial charge in [0.25, 0.3) is 0 Å². The van der Waals surface area contributed by atoms with Gasteiger partial charge in [-0.3, -0.25) is 19.2 Å². The van der Waals surface area contributed by atoms with E-state index in [0.29, 0.717) is 32.2 Å². The molecule has 272 valence electrons. The zero-order chi connectivity index (χ0) is 35.8. The third-order valence-corrected chi connectivity index (χ3v) is 13.5. The largest absolute Gasteiger partial charge is 0.344 e. The number of carbonyl (C=O) groups is 5. The van der Waals surface area contributed by atoms with E-state index in [1.807, 2.05) is 34.6 Å². The second-order valence-electron chi connectivity index (χ2n) is 17.4. The number of ketones is 2. The molecule has 48 heavy (non-hydrogen) atoms. The Morgan fingerprint density at radius 3 is 2.08 bits per heavy atom. The molecule has 3 unspecified atom stereocenters. The highest BCUT2D eigenvalue weighted by Gasteiger charge is 2.70. The van der Waals surface area contributed by atoms with Crippen molar-refractivity contribution in [2.75, 3.05) is 18.1 Å². The highest BCUT2D eigenvalue weighted by Crippen LogP contribution is 2.65. The van der Waals surface area contributed by atoms with Crippen LogP contribution in [0.5, 0.6) is 0 Å². The lowest BCUT2D eigenvalue weighted by molar-refractivity contribution is -0.145. The zero-order valence-corrected chi connectivity index (χ0v) is 31.3. The summed E-state index contributed by atoms with van der Waals surface area (Å²) < 4.78 is 26.3. The Morgan fingerprint density at radius 1 is 0.938 bits per heavy atom. The molecule has 0 bridgehead atoms. The molecular formula is C36H60N4O7S. The van der Waals surface area contributed by atoms with Crippen LogP contribution in [0.2, 0.25) is 0 Å². The third kappa shape index (κ3) is 8.80. The summed E-state index contributed by atoms with van der Waals surface area (Å²) in [7, 11) is -3.43. The number of likely N-dealkylation sites (tertiary alicyclic amines) is 1. The SMILES string of the molecule is CC(=O)C(=O)C(CC1CCC1)NC(=O)[C@@H]1C2C(CN1C(=O)[C@@H](NC(=O)NC1(CS(=O)(=O)CCC(C)C)CCCCC1)C(C)(C)C)C2(C)C. The van der Waals surface area contributed by atoms with E-state index in [1.54, 1.807) is 4.90 Å². The molecule has 3 aliphatic carbocycles. The number of hydrogen-bond donors (Lipinski definition) is 3. The molecule has 3 N–H and O–H groups in total. The smallest absolute Gasteiger partial charge is 0.315 e. The van der Waals surface area contributed by atoms with Crippen LogP contribution in [-0.4, -0.2) is 84.4 Å². The number of piperidine rings is 1. The minimum absolute atomic E-state index is 0.0649. The number of rotatable bonds is 14. The molecule has 3 saturated carbocycles. The minimum Gasteiger partial charge on any atom is -0.344 e. The molecular weight excluding hydrogens is 632 g/mol. The number of nitrogens with zero attached hydrogens (tertiary/aromatic N) is 1. The summed E-state index contributed by atoms with van der Waals surface area (Å²) in [4.78, 5) is 68.7. The average Bonchev–Trinajstić information content (AvgIpc) is 3.26. The summed E-state index contributed by atoms with van der Waals surface area (Å²) in [6, 6.07) is -3.37. The molecule has 1 aliphatic heterocycles. The zero-order valence-electron chi connectivity index (χ0n) is 30.4. The molecule has 11 nitrogen and oxygen atoms in total. The van der Waals surface area contributed by atoms with Gasteiger partial charge < -0.3 is 20.9 Å². The van der Waals surface area contributed by atoms with E-state index in [1.165, 1.54) is 6.92 Å². The monoisotopic (exact) mass is 692 g/mol. The molecule has 4 aliphatic rings. The second-order valence-corrected chi connectivity index (χ2v) is 19.6. The van der Waals surface area contributed by atoms with Crippen LogP contribution in [0.3, 0.4) is 0 Å². The predicted molar refractivity (Wildman–Crippen MR) is 185 cm³/mol. The highest BCUT2D eigenvalue weighted by atomic mass is 32.2. The van der Waals surface area contributed by atoms with E-state index < -0.39 is 68.3 Å². The van der Waals surface area contributed by atoms with Crippen molar-refractivity contribution < 1.29 is 32.4 Å². The van der Waals surface area contributed by atoms with Crippen molar-refractivity contribution in [2.24, 2.45) is 34.5 Å². The fourth-order valence-electron chi connectivity index (χ4n) is 8.27. The lowest BCUT2D eigenvalue weighted by atomic mass is 9.79. The van der Waals surface area contributed by atoms with Crippen LogP contribution < -0.4 is 16.0 Å². The molecule has 4 fully saturated rings. The second kappa shape index (κ2) is 14.4. The van der Waals surface area contributed by atoms with Crippen LogP contribution in [0.15, 0.2) is 0 Å². The van der Waals surface area contributed by atoms with Gasteiger partial charge in [-0.25, -0.2) is 13.2 Å². The van der Waals surface area contributed by atoms with Gasteiger partial charge in [0.1, 0.15) is 12.1 Å². The van der Waals surface area contributed by atoms with E-state index in [2.05, 4.69) is 29.8 Å². The number of carbonyl (C=O) groups excluding carboxylic acids is 5. The van der Waals surface area contributed by atoms with Crippen LogP contribution in [0.25, 0.3) is 0 Å². The lowest BCUT2D eigenvalue weighted by Gasteiger charge is -2.40. The van der Waals surface area contributed by atoms with Gasteiger partial charge in [0.2, 0.25) is 17.6 Å². The molecule has 1 saturated heterocycles. The first-order chi connectivity index (χ1) is 22.2. The van der Waals surface area contributed by atoms with E-state index >= 15 is 0 Å². The summed E-state index contributed by atoms with van der Waals surface area (Å²) in [6.07, 6.45) is 7.60. The quantitative estimate of drug-likeness (QED) is 0.231. The van der Waals surface area contributed by atoms with Gasteiger partial charge in [-0.15, -0.1) is 0 Å². The number of urea groups is 1. The molecule has 0 aromatic carbocycles. The molecule has 0 aromatic rings. The Labute approximate surface area is 287 Å². The number of Topliss-reactive ketones (excluding diaryl/α,β-unsaturated/α-hetero) is 2. The topological polar surface area (TPSA) is 159 Å². The maximum Gasteiger partial charge on any atom is 0.315 e. The van der Waals surface area contributed by atoms with Crippen molar-refractivity contribution in [2.45, 2.75) is 143 Å². The fourth-order valence-corrected chi connectivity index (χ4v) is 10.5. The van der Waals surface area contributed by atoms with Crippen LogP contribution in [-0.2, 0) is 29.0 Å². The van der Waals surface area contributed by atoms with Crippen LogP contribution in [0.4, 0.5) is 4.79 Å². The predicted octanol–water partition coefficient (Wildman–Crippen LogP) is 4.18. The summed E-state index contributed by atoms with van der Waals surface area (Å²) >= 11 is 0. The molecule has 1 heterocycles. The number of fused-ring (bicyclic) bond motifs is 1. The van der Waals surface area contributed by atoms with Gasteiger partial charge in [-0.2, -0.15) is 0 Å². The highest BCUT2D eigenvalue weighted by molar-refractivity contribution is 7.91. The Bertz CT molecular complexity index is 1360. The van der Waals surface area contributed by atoms with Crippen molar-refractivity contribution in [1.82, 2.24) is 20.9 Å². The molecule has 4 rings (SSSR count). The van der Waals surface area contributed by atoms with Crippen molar-refractivity contribution in [1.29, 1.82) is 0 Å². The third-order valence-electron chi connectivity index (χ3n) is 11.6. The van der Waals surface area contributed by atoms with Gasteiger partial charge in [-0.05, 0) is 60.2 Å². The number of hydrogen-bond acceptors (Lipinski definition) is 7. The van der Waals surface area contributed by atoms with Gasteiger partial charge in [0.05, 0.1) is 23.1 Å². The van der Waals surface area contributed by atoms with Crippen molar-refractivity contribution in [3.63, 3.8) is 0 Å². The van der Waals surface area contributed by atoms with E-state index in [-0.39, 0.29) is 40.6 Å².